The molecular weight excluding hydrogens is 316 g/mol. The number of likely N-dealkylation sites (tertiary alicyclic amines) is 1. The molecule has 4 heteroatoms. The molecule has 1 aliphatic rings. The predicted molar refractivity (Wildman–Crippen MR) is 81.4 cm³/mol. The van der Waals surface area contributed by atoms with Crippen LogP contribution in [-0.4, -0.2) is 22.3 Å². The summed E-state index contributed by atoms with van der Waals surface area (Å²) in [5.74, 6) is 0.101. The minimum absolute atomic E-state index is 0.101. The minimum atomic E-state index is 0.101. The summed E-state index contributed by atoms with van der Waals surface area (Å²) < 4.78 is 0.831. The Morgan fingerprint density at radius 3 is 2.75 bits per heavy atom. The summed E-state index contributed by atoms with van der Waals surface area (Å²) in [5.41, 5.74) is 1.84. The van der Waals surface area contributed by atoms with E-state index in [4.69, 9.17) is 0 Å². The fraction of sp³-hybridized carbons (Fsp3) is 0.250. The van der Waals surface area contributed by atoms with Gasteiger partial charge in [0.15, 0.2) is 0 Å². The summed E-state index contributed by atoms with van der Waals surface area (Å²) in [6.07, 6.45) is 3.78. The molecule has 0 radical (unpaired) electrons. The third kappa shape index (κ3) is 2.48. The van der Waals surface area contributed by atoms with Crippen LogP contribution in [0.4, 0.5) is 0 Å². The van der Waals surface area contributed by atoms with Gasteiger partial charge in [-0.15, -0.1) is 0 Å². The second kappa shape index (κ2) is 5.75. The number of halogens is 1. The van der Waals surface area contributed by atoms with Crippen LogP contribution < -0.4 is 0 Å². The van der Waals surface area contributed by atoms with E-state index in [9.17, 15) is 4.79 Å². The van der Waals surface area contributed by atoms with Crippen LogP contribution in [-0.2, 0) is 0 Å². The van der Waals surface area contributed by atoms with Crippen molar-refractivity contribution in [3.05, 3.63) is 64.4 Å². The quantitative estimate of drug-likeness (QED) is 0.784. The Balaban J connectivity index is 1.90. The Morgan fingerprint density at radius 1 is 1.20 bits per heavy atom. The zero-order valence-corrected chi connectivity index (χ0v) is 12.6. The molecule has 0 spiro atoms. The number of carbonyl (C=O) groups is 1. The zero-order chi connectivity index (χ0) is 13.9. The monoisotopic (exact) mass is 330 g/mol. The number of aromatic nitrogens is 1. The van der Waals surface area contributed by atoms with Crippen molar-refractivity contribution in [3.63, 3.8) is 0 Å². The lowest BCUT2D eigenvalue weighted by molar-refractivity contribution is 0.0735. The van der Waals surface area contributed by atoms with Crippen molar-refractivity contribution in [2.24, 2.45) is 0 Å². The average molecular weight is 331 g/mol. The molecule has 102 valence electrons. The Bertz CT molecular complexity index is 615. The highest BCUT2D eigenvalue weighted by Crippen LogP contribution is 2.35. The number of pyridine rings is 1. The fourth-order valence-electron chi connectivity index (χ4n) is 2.73. The van der Waals surface area contributed by atoms with Gasteiger partial charge in [-0.2, -0.15) is 0 Å². The first-order valence-corrected chi connectivity index (χ1v) is 7.53. The molecule has 2 aromatic rings. The van der Waals surface area contributed by atoms with Crippen LogP contribution in [0.2, 0.25) is 0 Å². The first-order valence-electron chi connectivity index (χ1n) is 6.74. The van der Waals surface area contributed by atoms with Crippen molar-refractivity contribution in [3.8, 4) is 0 Å². The van der Waals surface area contributed by atoms with Gasteiger partial charge >= 0.3 is 0 Å². The summed E-state index contributed by atoms with van der Waals surface area (Å²) >= 11 is 3.49. The van der Waals surface area contributed by atoms with Gasteiger partial charge in [-0.25, -0.2) is 4.98 Å². The molecule has 1 saturated heterocycles. The molecule has 1 atom stereocenters. The van der Waals surface area contributed by atoms with Gasteiger partial charge in [-0.3, -0.25) is 4.79 Å². The Hall–Kier alpha value is -1.68. The lowest BCUT2D eigenvalue weighted by Gasteiger charge is -2.25. The summed E-state index contributed by atoms with van der Waals surface area (Å²) in [5, 5.41) is 0. The maximum Gasteiger partial charge on any atom is 0.254 e. The highest BCUT2D eigenvalue weighted by Gasteiger charge is 2.31. The minimum Gasteiger partial charge on any atom is -0.332 e. The molecule has 1 aliphatic heterocycles. The second-order valence-corrected chi connectivity index (χ2v) is 5.66. The second-order valence-electron chi connectivity index (χ2n) is 4.91. The average Bonchev–Trinajstić information content (AvgIpc) is 2.97. The van der Waals surface area contributed by atoms with Crippen molar-refractivity contribution in [1.82, 2.24) is 9.88 Å². The van der Waals surface area contributed by atoms with Gasteiger partial charge in [-0.1, -0.05) is 24.3 Å². The van der Waals surface area contributed by atoms with Gasteiger partial charge in [0.2, 0.25) is 0 Å². The molecule has 1 amide bonds. The van der Waals surface area contributed by atoms with Crippen LogP contribution in [0.3, 0.4) is 0 Å². The summed E-state index contributed by atoms with van der Waals surface area (Å²) in [6, 6.07) is 13.5. The topological polar surface area (TPSA) is 33.2 Å². The van der Waals surface area contributed by atoms with Gasteiger partial charge in [0.05, 0.1) is 6.04 Å². The highest BCUT2D eigenvalue weighted by molar-refractivity contribution is 9.10. The van der Waals surface area contributed by atoms with Crippen LogP contribution in [0.15, 0.2) is 53.3 Å². The first kappa shape index (κ1) is 13.3. The smallest absolute Gasteiger partial charge is 0.254 e. The molecule has 1 aromatic heterocycles. The molecule has 1 fully saturated rings. The zero-order valence-electron chi connectivity index (χ0n) is 11.0. The summed E-state index contributed by atoms with van der Waals surface area (Å²) in [6.45, 7) is 0.805. The fourth-order valence-corrected chi connectivity index (χ4v) is 3.24. The molecule has 0 saturated carbocycles. The maximum absolute atomic E-state index is 12.6. The number of benzene rings is 1. The number of hydrogen-bond acceptors (Lipinski definition) is 2. The van der Waals surface area contributed by atoms with Crippen molar-refractivity contribution in [2.45, 2.75) is 18.9 Å². The van der Waals surface area contributed by atoms with Crippen LogP contribution >= 0.6 is 15.9 Å². The van der Waals surface area contributed by atoms with E-state index in [2.05, 4.69) is 20.9 Å². The van der Waals surface area contributed by atoms with Gasteiger partial charge in [0.25, 0.3) is 5.91 Å². The lowest BCUT2D eigenvalue weighted by Crippen LogP contribution is -2.30. The third-order valence-corrected chi connectivity index (χ3v) is 4.34. The van der Waals surface area contributed by atoms with Gasteiger partial charge < -0.3 is 4.90 Å². The number of hydrogen-bond donors (Lipinski definition) is 0. The molecule has 3 nitrogen and oxygen atoms in total. The van der Waals surface area contributed by atoms with E-state index in [0.29, 0.717) is 0 Å². The molecule has 1 unspecified atom stereocenters. The molecule has 20 heavy (non-hydrogen) atoms. The van der Waals surface area contributed by atoms with Crippen molar-refractivity contribution < 1.29 is 4.79 Å². The maximum atomic E-state index is 12.6. The molecule has 0 N–H and O–H groups in total. The highest BCUT2D eigenvalue weighted by atomic mass is 79.9. The summed E-state index contributed by atoms with van der Waals surface area (Å²) in [4.78, 5) is 18.9. The number of nitrogens with zero attached hydrogens (tertiary/aromatic N) is 2. The number of carbonyl (C=O) groups excluding carboxylic acids is 1. The van der Waals surface area contributed by atoms with Crippen molar-refractivity contribution in [1.29, 1.82) is 0 Å². The number of amides is 1. The van der Waals surface area contributed by atoms with E-state index >= 15 is 0 Å². The first-order chi connectivity index (χ1) is 9.77. The van der Waals surface area contributed by atoms with E-state index in [1.165, 1.54) is 0 Å². The normalized spacial score (nSPS) is 18.2. The summed E-state index contributed by atoms with van der Waals surface area (Å²) in [7, 11) is 0. The van der Waals surface area contributed by atoms with E-state index < -0.39 is 0 Å². The standard InChI is InChI=1S/C16H15BrN2O/c17-15-13(8-4-10-18-15)14-9-5-11-19(14)16(20)12-6-2-1-3-7-12/h1-4,6-8,10,14H,5,9,11H2. The molecule has 0 aliphatic carbocycles. The molecule has 2 heterocycles. The third-order valence-electron chi connectivity index (χ3n) is 3.68. The largest absolute Gasteiger partial charge is 0.332 e. The van der Waals surface area contributed by atoms with Crippen LogP contribution in [0.5, 0.6) is 0 Å². The van der Waals surface area contributed by atoms with Crippen molar-refractivity contribution in [2.75, 3.05) is 6.54 Å². The van der Waals surface area contributed by atoms with E-state index in [0.717, 1.165) is 35.1 Å². The predicted octanol–water partition coefficient (Wildman–Crippen LogP) is 3.82. The SMILES string of the molecule is O=C(c1ccccc1)N1CCCC1c1cccnc1Br. The molecule has 3 rings (SSSR count). The van der Waals surface area contributed by atoms with Gasteiger partial charge in [-0.05, 0) is 47.0 Å². The van der Waals surface area contributed by atoms with Crippen LogP contribution in [0.25, 0.3) is 0 Å². The lowest BCUT2D eigenvalue weighted by atomic mass is 10.1. The van der Waals surface area contributed by atoms with Gasteiger partial charge in [0, 0.05) is 23.9 Å². The molecule has 0 bridgehead atoms. The van der Waals surface area contributed by atoms with Crippen LogP contribution in [0.1, 0.15) is 34.8 Å². The van der Waals surface area contributed by atoms with Gasteiger partial charge in [0.1, 0.15) is 4.60 Å². The molecule has 1 aromatic carbocycles. The Morgan fingerprint density at radius 2 is 2.00 bits per heavy atom. The van der Waals surface area contributed by atoms with E-state index in [1.807, 2.05) is 47.4 Å². The Labute approximate surface area is 126 Å². The Kier molecular flexibility index (Phi) is 3.83. The van der Waals surface area contributed by atoms with Crippen LogP contribution in [0, 0.1) is 0 Å². The van der Waals surface area contributed by atoms with E-state index in [1.54, 1.807) is 6.20 Å². The number of rotatable bonds is 2. The van der Waals surface area contributed by atoms with E-state index in [-0.39, 0.29) is 11.9 Å². The van der Waals surface area contributed by atoms with Crippen molar-refractivity contribution >= 4 is 21.8 Å². The molecular formula is C16H15BrN2O.